The van der Waals surface area contributed by atoms with E-state index in [-0.39, 0.29) is 6.04 Å². The van der Waals surface area contributed by atoms with E-state index in [2.05, 4.69) is 18.9 Å². The number of halogens is 1. The van der Waals surface area contributed by atoms with Gasteiger partial charge in [0.1, 0.15) is 0 Å². The number of rotatable bonds is 7. The molecule has 1 aromatic heterocycles. The summed E-state index contributed by atoms with van der Waals surface area (Å²) in [6, 6.07) is 0.278. The summed E-state index contributed by atoms with van der Waals surface area (Å²) in [6.45, 7) is 7.10. The van der Waals surface area contributed by atoms with Crippen LogP contribution in [0.25, 0.3) is 0 Å². The first-order valence-electron chi connectivity index (χ1n) is 6.17. The minimum atomic E-state index is 0.278. The highest BCUT2D eigenvalue weighted by Crippen LogP contribution is 2.25. The molecule has 0 aromatic carbocycles. The van der Waals surface area contributed by atoms with Crippen LogP contribution in [0.3, 0.4) is 0 Å². The Balaban J connectivity index is 2.59. The van der Waals surface area contributed by atoms with Crippen molar-refractivity contribution < 1.29 is 0 Å². The third-order valence-corrected chi connectivity index (χ3v) is 4.09. The van der Waals surface area contributed by atoms with Gasteiger partial charge in [-0.25, -0.2) is 0 Å². The van der Waals surface area contributed by atoms with Crippen LogP contribution in [-0.2, 0) is 18.7 Å². The topological polar surface area (TPSA) is 43.8 Å². The highest BCUT2D eigenvalue weighted by molar-refractivity contribution is 7.98. The third kappa shape index (κ3) is 4.19. The van der Waals surface area contributed by atoms with Crippen LogP contribution in [0.2, 0.25) is 5.02 Å². The van der Waals surface area contributed by atoms with Crippen LogP contribution in [0, 0.1) is 0 Å². The summed E-state index contributed by atoms with van der Waals surface area (Å²) in [5, 5.41) is 5.36. The maximum absolute atomic E-state index is 6.33. The summed E-state index contributed by atoms with van der Waals surface area (Å²) < 4.78 is 2.01. The van der Waals surface area contributed by atoms with Gasteiger partial charge in [0.15, 0.2) is 0 Å². The first-order chi connectivity index (χ1) is 8.10. The Bertz CT molecular complexity index is 350. The second-order valence-electron chi connectivity index (χ2n) is 4.20. The van der Waals surface area contributed by atoms with Crippen LogP contribution >= 0.6 is 23.4 Å². The zero-order valence-electron chi connectivity index (χ0n) is 10.9. The van der Waals surface area contributed by atoms with Crippen LogP contribution < -0.4 is 5.73 Å². The first kappa shape index (κ1) is 14.9. The van der Waals surface area contributed by atoms with E-state index in [1.54, 1.807) is 0 Å². The summed E-state index contributed by atoms with van der Waals surface area (Å²) in [5.74, 6) is 2.00. The lowest BCUT2D eigenvalue weighted by Crippen LogP contribution is -2.15. The predicted molar refractivity (Wildman–Crippen MR) is 76.7 cm³/mol. The van der Waals surface area contributed by atoms with Crippen molar-refractivity contribution >= 4 is 23.4 Å². The van der Waals surface area contributed by atoms with Crippen LogP contribution in [0.4, 0.5) is 0 Å². The van der Waals surface area contributed by atoms with Crippen molar-refractivity contribution in [3.63, 3.8) is 0 Å². The molecule has 17 heavy (non-hydrogen) atoms. The highest BCUT2D eigenvalue weighted by atomic mass is 35.5. The molecule has 0 bridgehead atoms. The zero-order valence-corrected chi connectivity index (χ0v) is 12.4. The van der Waals surface area contributed by atoms with E-state index in [4.69, 9.17) is 17.3 Å². The molecular weight excluding hydrogens is 254 g/mol. The molecule has 0 aliphatic rings. The standard InChI is InChI=1S/C12H22ClN3S/c1-4-10-12(13)11(16(5-2)15-10)8-17-7-6-9(3)14/h9H,4-8,14H2,1-3H3. The smallest absolute Gasteiger partial charge is 0.0858 e. The summed E-state index contributed by atoms with van der Waals surface area (Å²) in [4.78, 5) is 0. The Hall–Kier alpha value is -0.190. The minimum absolute atomic E-state index is 0.278. The molecule has 0 aliphatic heterocycles. The van der Waals surface area contributed by atoms with E-state index < -0.39 is 0 Å². The van der Waals surface area contributed by atoms with E-state index in [0.717, 1.165) is 47.3 Å². The summed E-state index contributed by atoms with van der Waals surface area (Å²) in [5.41, 5.74) is 7.89. The van der Waals surface area contributed by atoms with Gasteiger partial charge in [-0.15, -0.1) is 0 Å². The predicted octanol–water partition coefficient (Wildman–Crippen LogP) is 3.09. The van der Waals surface area contributed by atoms with E-state index in [1.807, 2.05) is 23.4 Å². The van der Waals surface area contributed by atoms with E-state index >= 15 is 0 Å². The van der Waals surface area contributed by atoms with Crippen molar-refractivity contribution in [3.8, 4) is 0 Å². The maximum atomic E-state index is 6.33. The lowest BCUT2D eigenvalue weighted by molar-refractivity contribution is 0.627. The molecule has 2 N–H and O–H groups in total. The average Bonchev–Trinajstić information content (AvgIpc) is 2.61. The molecule has 0 fully saturated rings. The van der Waals surface area contributed by atoms with E-state index in [0.29, 0.717) is 0 Å². The number of thioether (sulfide) groups is 1. The van der Waals surface area contributed by atoms with Crippen molar-refractivity contribution in [1.82, 2.24) is 9.78 Å². The Labute approximate surface area is 113 Å². The molecule has 1 aromatic rings. The van der Waals surface area contributed by atoms with Gasteiger partial charge in [0.2, 0.25) is 0 Å². The molecule has 0 spiro atoms. The minimum Gasteiger partial charge on any atom is -0.328 e. The number of aromatic nitrogens is 2. The molecule has 1 atom stereocenters. The van der Waals surface area contributed by atoms with E-state index in [1.165, 1.54) is 0 Å². The normalized spacial score (nSPS) is 13.0. The fourth-order valence-corrected chi connectivity index (χ4v) is 3.18. The summed E-state index contributed by atoms with van der Waals surface area (Å²) in [6.07, 6.45) is 1.94. The van der Waals surface area contributed by atoms with Crippen LogP contribution in [-0.4, -0.2) is 21.6 Å². The number of nitrogens with zero attached hydrogens (tertiary/aromatic N) is 2. The Morgan fingerprint density at radius 1 is 1.47 bits per heavy atom. The molecule has 3 nitrogen and oxygen atoms in total. The fraction of sp³-hybridized carbons (Fsp3) is 0.750. The van der Waals surface area contributed by atoms with Gasteiger partial charge in [-0.3, -0.25) is 4.68 Å². The quantitative estimate of drug-likeness (QED) is 0.778. The fourth-order valence-electron chi connectivity index (χ4n) is 1.59. The number of hydrogen-bond acceptors (Lipinski definition) is 3. The van der Waals surface area contributed by atoms with E-state index in [9.17, 15) is 0 Å². The van der Waals surface area contributed by atoms with Crippen LogP contribution in [0.15, 0.2) is 0 Å². The van der Waals surface area contributed by atoms with Gasteiger partial charge in [0.05, 0.1) is 16.4 Å². The SMILES string of the molecule is CCc1nn(CC)c(CSCCC(C)N)c1Cl. The lowest BCUT2D eigenvalue weighted by Gasteiger charge is -2.06. The van der Waals surface area contributed by atoms with Crippen molar-refractivity contribution in [3.05, 3.63) is 16.4 Å². The average molecular weight is 276 g/mol. The Morgan fingerprint density at radius 3 is 2.71 bits per heavy atom. The molecule has 1 heterocycles. The molecule has 5 heteroatoms. The van der Waals surface area contributed by atoms with Crippen molar-refractivity contribution in [1.29, 1.82) is 0 Å². The zero-order chi connectivity index (χ0) is 12.8. The molecule has 0 aliphatic carbocycles. The van der Waals surface area contributed by atoms with Crippen molar-refractivity contribution in [2.45, 2.75) is 52.0 Å². The maximum Gasteiger partial charge on any atom is 0.0858 e. The third-order valence-electron chi connectivity index (χ3n) is 2.65. The van der Waals surface area contributed by atoms with Crippen molar-refractivity contribution in [2.75, 3.05) is 5.75 Å². The number of hydrogen-bond donors (Lipinski definition) is 1. The van der Waals surface area contributed by atoms with Gasteiger partial charge in [-0.1, -0.05) is 18.5 Å². The second-order valence-corrected chi connectivity index (χ2v) is 5.68. The molecule has 98 valence electrons. The summed E-state index contributed by atoms with van der Waals surface area (Å²) >= 11 is 8.21. The lowest BCUT2D eigenvalue weighted by atomic mass is 10.3. The summed E-state index contributed by atoms with van der Waals surface area (Å²) in [7, 11) is 0. The first-order valence-corrected chi connectivity index (χ1v) is 7.70. The van der Waals surface area contributed by atoms with Gasteiger partial charge in [-0.05, 0) is 32.4 Å². The molecule has 1 unspecified atom stereocenters. The number of nitrogens with two attached hydrogens (primary N) is 1. The number of aryl methyl sites for hydroxylation is 2. The van der Waals surface area contributed by atoms with Gasteiger partial charge < -0.3 is 5.73 Å². The molecule has 1 rings (SSSR count). The molecule has 0 saturated carbocycles. The van der Waals surface area contributed by atoms with Gasteiger partial charge >= 0.3 is 0 Å². The molecular formula is C12H22ClN3S. The second kappa shape index (κ2) is 7.29. The molecule has 0 radical (unpaired) electrons. The highest BCUT2D eigenvalue weighted by Gasteiger charge is 2.13. The van der Waals surface area contributed by atoms with Gasteiger partial charge in [0, 0.05) is 18.3 Å². The van der Waals surface area contributed by atoms with Gasteiger partial charge in [-0.2, -0.15) is 16.9 Å². The Morgan fingerprint density at radius 2 is 2.18 bits per heavy atom. The molecule has 0 amide bonds. The van der Waals surface area contributed by atoms with Crippen molar-refractivity contribution in [2.24, 2.45) is 5.73 Å². The van der Waals surface area contributed by atoms with Gasteiger partial charge in [0.25, 0.3) is 0 Å². The monoisotopic (exact) mass is 275 g/mol. The largest absolute Gasteiger partial charge is 0.328 e. The van der Waals surface area contributed by atoms with Crippen LogP contribution in [0.5, 0.6) is 0 Å². The Kier molecular flexibility index (Phi) is 6.38. The van der Waals surface area contributed by atoms with Crippen LogP contribution in [0.1, 0.15) is 38.6 Å². The molecule has 0 saturated heterocycles.